The zero-order chi connectivity index (χ0) is 12.7. The third-order valence-electron chi connectivity index (χ3n) is 3.60. The fraction of sp³-hybridized carbons (Fsp3) is 0.786. The Bertz CT molecular complexity index is 251. The van der Waals surface area contributed by atoms with Crippen LogP contribution in [0, 0.1) is 11.8 Å². The second-order valence-corrected chi connectivity index (χ2v) is 5.29. The zero-order valence-corrected chi connectivity index (χ0v) is 11.2. The van der Waals surface area contributed by atoms with E-state index in [1.807, 2.05) is 0 Å². The van der Waals surface area contributed by atoms with Gasteiger partial charge in [0.15, 0.2) is 0 Å². The van der Waals surface area contributed by atoms with Gasteiger partial charge in [-0.1, -0.05) is 32.8 Å². The van der Waals surface area contributed by atoms with Crippen LogP contribution in [0.15, 0.2) is 12.7 Å². The summed E-state index contributed by atoms with van der Waals surface area (Å²) in [5.41, 5.74) is 0. The Labute approximate surface area is 105 Å². The summed E-state index contributed by atoms with van der Waals surface area (Å²) in [7, 11) is 0. The molecular formula is C14H26N2O. The normalized spacial score (nSPS) is 24.6. The minimum atomic E-state index is 0.115. The smallest absolute Gasteiger partial charge is 0.234 e. The molecular weight excluding hydrogens is 212 g/mol. The van der Waals surface area contributed by atoms with Gasteiger partial charge in [-0.15, -0.1) is 6.58 Å². The first kappa shape index (κ1) is 14.2. The average molecular weight is 238 g/mol. The van der Waals surface area contributed by atoms with E-state index >= 15 is 0 Å². The lowest BCUT2D eigenvalue weighted by atomic mass is 9.78. The van der Waals surface area contributed by atoms with E-state index in [2.05, 4.69) is 31.1 Å². The highest BCUT2D eigenvalue weighted by atomic mass is 16.1. The van der Waals surface area contributed by atoms with Gasteiger partial charge in [-0.05, 0) is 24.7 Å². The van der Waals surface area contributed by atoms with E-state index in [9.17, 15) is 4.79 Å². The van der Waals surface area contributed by atoms with Gasteiger partial charge in [0, 0.05) is 12.6 Å². The number of carbonyl (C=O) groups is 1. The second kappa shape index (κ2) is 7.49. The summed E-state index contributed by atoms with van der Waals surface area (Å²) >= 11 is 0. The molecule has 1 saturated carbocycles. The molecule has 1 fully saturated rings. The number of carbonyl (C=O) groups excluding carboxylic acids is 1. The second-order valence-electron chi connectivity index (χ2n) is 5.29. The number of hydrogen-bond acceptors (Lipinski definition) is 2. The molecule has 0 aromatic carbocycles. The van der Waals surface area contributed by atoms with Gasteiger partial charge in [0.25, 0.3) is 0 Å². The fourth-order valence-electron chi connectivity index (χ4n) is 2.68. The van der Waals surface area contributed by atoms with Crippen molar-refractivity contribution in [3.63, 3.8) is 0 Å². The Balaban J connectivity index is 2.36. The Morgan fingerprint density at radius 1 is 1.41 bits per heavy atom. The van der Waals surface area contributed by atoms with Crippen LogP contribution in [0.2, 0.25) is 0 Å². The number of amides is 1. The summed E-state index contributed by atoms with van der Waals surface area (Å²) in [4.78, 5) is 11.7. The van der Waals surface area contributed by atoms with E-state index in [0.29, 0.717) is 31.0 Å². The molecule has 0 saturated heterocycles. The van der Waals surface area contributed by atoms with Crippen molar-refractivity contribution in [1.82, 2.24) is 10.6 Å². The number of nitrogens with one attached hydrogen (secondary N) is 2. The van der Waals surface area contributed by atoms with Gasteiger partial charge in [-0.2, -0.15) is 0 Å². The molecule has 3 nitrogen and oxygen atoms in total. The third kappa shape index (κ3) is 4.90. The fourth-order valence-corrected chi connectivity index (χ4v) is 2.68. The standard InChI is InChI=1S/C14H26N2O/c1-4-9-15-10-14(17)16-13-8-6-5-7-12(13)11(2)3/h4,11-13,15H,1,5-10H2,2-3H3,(H,16,17). The van der Waals surface area contributed by atoms with Crippen LogP contribution < -0.4 is 10.6 Å². The van der Waals surface area contributed by atoms with Gasteiger partial charge >= 0.3 is 0 Å². The predicted molar refractivity (Wildman–Crippen MR) is 71.8 cm³/mol. The van der Waals surface area contributed by atoms with E-state index in [1.54, 1.807) is 6.08 Å². The van der Waals surface area contributed by atoms with Crippen LogP contribution in [0.1, 0.15) is 39.5 Å². The molecule has 0 spiro atoms. The van der Waals surface area contributed by atoms with Crippen molar-refractivity contribution in [2.24, 2.45) is 11.8 Å². The predicted octanol–water partition coefficient (Wildman–Crippen LogP) is 2.09. The lowest BCUT2D eigenvalue weighted by molar-refractivity contribution is -0.121. The third-order valence-corrected chi connectivity index (χ3v) is 3.60. The molecule has 0 aromatic heterocycles. The first-order valence-electron chi connectivity index (χ1n) is 6.76. The number of hydrogen-bond donors (Lipinski definition) is 2. The van der Waals surface area contributed by atoms with E-state index < -0.39 is 0 Å². The Morgan fingerprint density at radius 3 is 2.76 bits per heavy atom. The summed E-state index contributed by atoms with van der Waals surface area (Å²) in [5, 5.41) is 6.21. The van der Waals surface area contributed by atoms with Crippen LogP contribution in [0.4, 0.5) is 0 Å². The van der Waals surface area contributed by atoms with Crippen molar-refractivity contribution in [1.29, 1.82) is 0 Å². The van der Waals surface area contributed by atoms with Crippen LogP contribution in [-0.4, -0.2) is 25.0 Å². The van der Waals surface area contributed by atoms with Gasteiger partial charge < -0.3 is 10.6 Å². The summed E-state index contributed by atoms with van der Waals surface area (Å²) in [6.45, 7) is 9.21. The molecule has 0 aliphatic heterocycles. The Kier molecular flexibility index (Phi) is 6.27. The van der Waals surface area contributed by atoms with Crippen LogP contribution in [0.3, 0.4) is 0 Å². The molecule has 2 atom stereocenters. The van der Waals surface area contributed by atoms with Crippen molar-refractivity contribution in [3.8, 4) is 0 Å². The van der Waals surface area contributed by atoms with E-state index in [-0.39, 0.29) is 5.91 Å². The van der Waals surface area contributed by atoms with Crippen molar-refractivity contribution < 1.29 is 4.79 Å². The van der Waals surface area contributed by atoms with Crippen molar-refractivity contribution in [2.45, 2.75) is 45.6 Å². The Morgan fingerprint density at radius 2 is 2.12 bits per heavy atom. The summed E-state index contributed by atoms with van der Waals surface area (Å²) in [5.74, 6) is 1.42. The summed E-state index contributed by atoms with van der Waals surface area (Å²) < 4.78 is 0. The first-order valence-corrected chi connectivity index (χ1v) is 6.76. The van der Waals surface area contributed by atoms with Gasteiger partial charge in [0.2, 0.25) is 5.91 Å². The quantitative estimate of drug-likeness (QED) is 0.549. The van der Waals surface area contributed by atoms with Crippen LogP contribution in [-0.2, 0) is 4.79 Å². The molecule has 3 heteroatoms. The lowest BCUT2D eigenvalue weighted by Crippen LogP contribution is -2.46. The van der Waals surface area contributed by atoms with Gasteiger partial charge in [-0.3, -0.25) is 4.79 Å². The molecule has 2 N–H and O–H groups in total. The van der Waals surface area contributed by atoms with E-state index in [0.717, 1.165) is 6.42 Å². The van der Waals surface area contributed by atoms with Crippen molar-refractivity contribution in [3.05, 3.63) is 12.7 Å². The summed E-state index contributed by atoms with van der Waals surface area (Å²) in [6.07, 6.45) is 6.71. The molecule has 1 aliphatic carbocycles. The van der Waals surface area contributed by atoms with Gasteiger partial charge in [-0.25, -0.2) is 0 Å². The average Bonchev–Trinajstić information content (AvgIpc) is 2.29. The first-order chi connectivity index (χ1) is 8.15. The molecule has 1 rings (SSSR count). The maximum Gasteiger partial charge on any atom is 0.234 e. The molecule has 0 heterocycles. The molecule has 0 radical (unpaired) electrons. The maximum atomic E-state index is 11.7. The van der Waals surface area contributed by atoms with Crippen LogP contribution in [0.5, 0.6) is 0 Å². The molecule has 2 unspecified atom stereocenters. The monoisotopic (exact) mass is 238 g/mol. The molecule has 17 heavy (non-hydrogen) atoms. The Hall–Kier alpha value is -0.830. The molecule has 0 bridgehead atoms. The minimum Gasteiger partial charge on any atom is -0.352 e. The topological polar surface area (TPSA) is 41.1 Å². The highest BCUT2D eigenvalue weighted by Crippen LogP contribution is 2.29. The molecule has 1 aliphatic rings. The molecule has 1 amide bonds. The van der Waals surface area contributed by atoms with Crippen molar-refractivity contribution >= 4 is 5.91 Å². The highest BCUT2D eigenvalue weighted by molar-refractivity contribution is 5.78. The lowest BCUT2D eigenvalue weighted by Gasteiger charge is -2.34. The maximum absolute atomic E-state index is 11.7. The SMILES string of the molecule is C=CCNCC(=O)NC1CCCCC1C(C)C. The van der Waals surface area contributed by atoms with E-state index in [1.165, 1.54) is 19.3 Å². The molecule has 98 valence electrons. The zero-order valence-electron chi connectivity index (χ0n) is 11.2. The van der Waals surface area contributed by atoms with Gasteiger partial charge in [0.05, 0.1) is 6.54 Å². The summed E-state index contributed by atoms with van der Waals surface area (Å²) in [6, 6.07) is 0.377. The van der Waals surface area contributed by atoms with Crippen molar-refractivity contribution in [2.75, 3.05) is 13.1 Å². The largest absolute Gasteiger partial charge is 0.352 e. The minimum absolute atomic E-state index is 0.115. The van der Waals surface area contributed by atoms with Crippen LogP contribution >= 0.6 is 0 Å². The number of rotatable bonds is 6. The molecule has 0 aromatic rings. The van der Waals surface area contributed by atoms with Gasteiger partial charge in [0.1, 0.15) is 0 Å². The van der Waals surface area contributed by atoms with E-state index in [4.69, 9.17) is 0 Å². The van der Waals surface area contributed by atoms with Crippen LogP contribution in [0.25, 0.3) is 0 Å². The highest BCUT2D eigenvalue weighted by Gasteiger charge is 2.28.